The monoisotopic (exact) mass is 229 g/mol. The van der Waals surface area contributed by atoms with Gasteiger partial charge < -0.3 is 5.11 Å². The number of rotatable bonds is 1. The number of alkyl halides is 3. The van der Waals surface area contributed by atoms with E-state index in [1.165, 1.54) is 0 Å². The third kappa shape index (κ3) is 2.14. The highest BCUT2D eigenvalue weighted by atomic mass is 19.4. The minimum atomic E-state index is -4.76. The maximum absolute atomic E-state index is 12.4. The highest BCUT2D eigenvalue weighted by Gasteiger charge is 2.35. The fraction of sp³-hybridized carbons (Fsp3) is 0.200. The summed E-state index contributed by atoms with van der Waals surface area (Å²) in [6.45, 7) is 1.05. The molecule has 0 saturated heterocycles. The lowest BCUT2D eigenvalue weighted by Crippen LogP contribution is -2.08. The van der Waals surface area contributed by atoms with Gasteiger partial charge in [-0.25, -0.2) is 0 Å². The van der Waals surface area contributed by atoms with Crippen molar-refractivity contribution in [3.8, 4) is 11.8 Å². The van der Waals surface area contributed by atoms with Crippen LogP contribution >= 0.6 is 0 Å². The summed E-state index contributed by atoms with van der Waals surface area (Å²) in [6.07, 6.45) is -4.76. The Bertz CT molecular complexity index is 486. The van der Waals surface area contributed by atoms with E-state index in [-0.39, 0.29) is 11.1 Å². The predicted molar refractivity (Wildman–Crippen MR) is 47.8 cm³/mol. The highest BCUT2D eigenvalue weighted by molar-refractivity contribution is 5.97. The number of ketones is 1. The molecule has 1 aromatic carbocycles. The zero-order chi connectivity index (χ0) is 12.5. The molecular weight excluding hydrogens is 223 g/mol. The predicted octanol–water partition coefficient (Wildman–Crippen LogP) is 2.49. The van der Waals surface area contributed by atoms with Gasteiger partial charge in [0.2, 0.25) is 0 Å². The summed E-state index contributed by atoms with van der Waals surface area (Å²) in [5, 5.41) is 17.7. The molecule has 0 unspecified atom stereocenters. The van der Waals surface area contributed by atoms with Crippen molar-refractivity contribution in [3.63, 3.8) is 0 Å². The van der Waals surface area contributed by atoms with Crippen LogP contribution in [0.5, 0.6) is 5.75 Å². The molecule has 0 aliphatic heterocycles. The molecule has 0 atom stereocenters. The Morgan fingerprint density at radius 2 is 2.00 bits per heavy atom. The molecule has 0 aliphatic rings. The van der Waals surface area contributed by atoms with E-state index >= 15 is 0 Å². The van der Waals surface area contributed by atoms with Gasteiger partial charge in [-0.2, -0.15) is 18.4 Å². The molecule has 0 radical (unpaired) electrons. The zero-order valence-corrected chi connectivity index (χ0v) is 8.09. The Labute approximate surface area is 88.7 Å². The fourth-order valence-electron chi connectivity index (χ4n) is 1.20. The Hall–Kier alpha value is -2.03. The maximum atomic E-state index is 12.4. The van der Waals surface area contributed by atoms with Crippen molar-refractivity contribution in [1.29, 1.82) is 5.26 Å². The summed E-state index contributed by atoms with van der Waals surface area (Å²) in [5.41, 5.74) is -1.96. The van der Waals surface area contributed by atoms with Crippen LogP contribution in [0.1, 0.15) is 28.4 Å². The third-order valence-electron chi connectivity index (χ3n) is 1.94. The lowest BCUT2D eigenvalue weighted by Gasteiger charge is -2.10. The van der Waals surface area contributed by atoms with Crippen LogP contribution in [-0.2, 0) is 6.18 Å². The van der Waals surface area contributed by atoms with E-state index in [0.717, 1.165) is 6.92 Å². The number of hydrogen-bond donors (Lipinski definition) is 1. The fourth-order valence-corrected chi connectivity index (χ4v) is 1.20. The molecule has 0 heterocycles. The van der Waals surface area contributed by atoms with Gasteiger partial charge in [0.25, 0.3) is 0 Å². The van der Waals surface area contributed by atoms with Crippen LogP contribution in [-0.4, -0.2) is 10.9 Å². The molecule has 1 N–H and O–H groups in total. The zero-order valence-electron chi connectivity index (χ0n) is 8.09. The molecule has 0 saturated carbocycles. The largest absolute Gasteiger partial charge is 0.507 e. The molecule has 1 aromatic rings. The van der Waals surface area contributed by atoms with Gasteiger partial charge in [0, 0.05) is 5.56 Å². The number of phenols is 1. The summed E-state index contributed by atoms with van der Waals surface area (Å²) < 4.78 is 37.1. The minimum Gasteiger partial charge on any atom is -0.507 e. The summed E-state index contributed by atoms with van der Waals surface area (Å²) in [5.74, 6) is -1.73. The SMILES string of the molecule is CC(=O)c1cc(C(F)(F)F)c(O)cc1C#N. The molecule has 0 spiro atoms. The van der Waals surface area contributed by atoms with Crippen molar-refractivity contribution >= 4 is 5.78 Å². The number of nitriles is 1. The van der Waals surface area contributed by atoms with Gasteiger partial charge in [-0.15, -0.1) is 0 Å². The number of benzene rings is 1. The summed E-state index contributed by atoms with van der Waals surface area (Å²) in [7, 11) is 0. The van der Waals surface area contributed by atoms with Gasteiger partial charge in [-0.3, -0.25) is 4.79 Å². The van der Waals surface area contributed by atoms with Crippen molar-refractivity contribution in [3.05, 3.63) is 28.8 Å². The van der Waals surface area contributed by atoms with E-state index in [2.05, 4.69) is 0 Å². The Balaban J connectivity index is 3.53. The maximum Gasteiger partial charge on any atom is 0.419 e. The van der Waals surface area contributed by atoms with E-state index in [1.54, 1.807) is 6.07 Å². The van der Waals surface area contributed by atoms with Crippen LogP contribution < -0.4 is 0 Å². The Kier molecular flexibility index (Phi) is 2.90. The van der Waals surface area contributed by atoms with Crippen molar-refractivity contribution < 1.29 is 23.1 Å². The first-order chi connectivity index (χ1) is 7.27. The lowest BCUT2D eigenvalue weighted by molar-refractivity contribution is -0.138. The van der Waals surface area contributed by atoms with Gasteiger partial charge in [-0.05, 0) is 19.1 Å². The smallest absolute Gasteiger partial charge is 0.419 e. The van der Waals surface area contributed by atoms with E-state index in [0.29, 0.717) is 12.1 Å². The molecule has 3 nitrogen and oxygen atoms in total. The van der Waals surface area contributed by atoms with Crippen LogP contribution in [0.4, 0.5) is 13.2 Å². The van der Waals surface area contributed by atoms with E-state index in [4.69, 9.17) is 10.4 Å². The van der Waals surface area contributed by atoms with Crippen molar-refractivity contribution in [2.75, 3.05) is 0 Å². The standard InChI is InChI=1S/C10H6F3NO2/c1-5(15)7-3-8(10(11,12)13)9(16)2-6(7)4-14/h2-3,16H,1H3. The number of halogens is 3. The Morgan fingerprint density at radius 1 is 1.44 bits per heavy atom. The molecule has 0 fully saturated rings. The second-order valence-electron chi connectivity index (χ2n) is 3.08. The highest BCUT2D eigenvalue weighted by Crippen LogP contribution is 2.37. The van der Waals surface area contributed by atoms with Crippen LogP contribution in [0.2, 0.25) is 0 Å². The second-order valence-corrected chi connectivity index (χ2v) is 3.08. The number of aromatic hydroxyl groups is 1. The van der Waals surface area contributed by atoms with E-state index < -0.39 is 23.3 Å². The number of carbonyl (C=O) groups excluding carboxylic acids is 1. The number of Topliss-reactive ketones (excluding diaryl/α,β-unsaturated/α-hetero) is 1. The van der Waals surface area contributed by atoms with Crippen LogP contribution in [0, 0.1) is 11.3 Å². The molecule has 1 rings (SSSR count). The first-order valence-corrected chi connectivity index (χ1v) is 4.12. The average Bonchev–Trinajstić information content (AvgIpc) is 2.14. The number of nitrogens with zero attached hydrogens (tertiary/aromatic N) is 1. The van der Waals surface area contributed by atoms with Gasteiger partial charge in [-0.1, -0.05) is 0 Å². The first-order valence-electron chi connectivity index (χ1n) is 4.12. The van der Waals surface area contributed by atoms with Gasteiger partial charge >= 0.3 is 6.18 Å². The van der Waals surface area contributed by atoms with Crippen LogP contribution in [0.15, 0.2) is 12.1 Å². The molecule has 0 bridgehead atoms. The molecular formula is C10H6F3NO2. The molecule has 84 valence electrons. The molecule has 0 aliphatic carbocycles. The topological polar surface area (TPSA) is 61.1 Å². The van der Waals surface area contributed by atoms with Crippen molar-refractivity contribution in [2.45, 2.75) is 13.1 Å². The first kappa shape index (κ1) is 12.0. The van der Waals surface area contributed by atoms with E-state index in [1.807, 2.05) is 0 Å². The normalized spacial score (nSPS) is 10.9. The molecule has 16 heavy (non-hydrogen) atoms. The average molecular weight is 229 g/mol. The van der Waals surface area contributed by atoms with Crippen LogP contribution in [0.25, 0.3) is 0 Å². The Morgan fingerprint density at radius 3 is 2.38 bits per heavy atom. The molecule has 0 aromatic heterocycles. The second kappa shape index (κ2) is 3.85. The number of hydrogen-bond acceptors (Lipinski definition) is 3. The van der Waals surface area contributed by atoms with Crippen LogP contribution in [0.3, 0.4) is 0 Å². The van der Waals surface area contributed by atoms with Gasteiger partial charge in [0.05, 0.1) is 11.1 Å². The van der Waals surface area contributed by atoms with Crippen molar-refractivity contribution in [2.24, 2.45) is 0 Å². The third-order valence-corrected chi connectivity index (χ3v) is 1.94. The number of carbonyl (C=O) groups is 1. The minimum absolute atomic E-state index is 0.280. The molecule has 0 amide bonds. The quantitative estimate of drug-likeness (QED) is 0.752. The van der Waals surface area contributed by atoms with Gasteiger partial charge in [0.15, 0.2) is 5.78 Å². The van der Waals surface area contributed by atoms with Crippen molar-refractivity contribution in [1.82, 2.24) is 0 Å². The number of phenolic OH excluding ortho intramolecular Hbond substituents is 1. The summed E-state index contributed by atoms with van der Waals surface area (Å²) in [6, 6.07) is 2.67. The lowest BCUT2D eigenvalue weighted by atomic mass is 10.0. The summed E-state index contributed by atoms with van der Waals surface area (Å²) >= 11 is 0. The van der Waals surface area contributed by atoms with Gasteiger partial charge in [0.1, 0.15) is 11.8 Å². The van der Waals surface area contributed by atoms with E-state index in [9.17, 15) is 18.0 Å². The molecule has 6 heteroatoms. The summed E-state index contributed by atoms with van der Waals surface area (Å²) in [4.78, 5) is 11.0.